The molecular weight excluding hydrogens is 256 g/mol. The van der Waals surface area contributed by atoms with E-state index in [2.05, 4.69) is 54.5 Å². The maximum absolute atomic E-state index is 3.74. The Hall–Kier alpha value is -0.860. The number of nitrogens with zero attached hydrogens (tertiary/aromatic N) is 1. The second kappa shape index (κ2) is 6.93. The fraction of sp³-hybridized carbons (Fsp3) is 0.684. The van der Waals surface area contributed by atoms with E-state index in [9.17, 15) is 0 Å². The van der Waals surface area contributed by atoms with Crippen LogP contribution < -0.4 is 5.32 Å². The van der Waals surface area contributed by atoms with Crippen molar-refractivity contribution in [3.63, 3.8) is 0 Å². The van der Waals surface area contributed by atoms with Crippen molar-refractivity contribution in [2.75, 3.05) is 13.6 Å². The molecule has 1 atom stereocenters. The molecular formula is C19H30N2. The van der Waals surface area contributed by atoms with Crippen molar-refractivity contribution in [2.45, 2.75) is 63.6 Å². The predicted octanol–water partition coefficient (Wildman–Crippen LogP) is 3.99. The number of hydrogen-bond donors (Lipinski definition) is 1. The highest BCUT2D eigenvalue weighted by Gasteiger charge is 2.29. The summed E-state index contributed by atoms with van der Waals surface area (Å²) >= 11 is 0. The van der Waals surface area contributed by atoms with Crippen LogP contribution in [0.1, 0.15) is 57.1 Å². The van der Waals surface area contributed by atoms with Gasteiger partial charge in [0, 0.05) is 24.7 Å². The van der Waals surface area contributed by atoms with Gasteiger partial charge in [0.2, 0.25) is 0 Å². The Kier molecular flexibility index (Phi) is 4.97. The molecule has 2 saturated carbocycles. The van der Waals surface area contributed by atoms with Crippen LogP contribution in [0.2, 0.25) is 0 Å². The van der Waals surface area contributed by atoms with E-state index in [4.69, 9.17) is 0 Å². The molecule has 2 fully saturated rings. The largest absolute Gasteiger partial charge is 0.312 e. The van der Waals surface area contributed by atoms with E-state index in [-0.39, 0.29) is 0 Å². The smallest absolute Gasteiger partial charge is 0.0472 e. The van der Waals surface area contributed by atoms with E-state index in [1.165, 1.54) is 44.1 Å². The molecule has 1 N–H and O–H groups in total. The summed E-state index contributed by atoms with van der Waals surface area (Å²) in [6.45, 7) is 3.50. The van der Waals surface area contributed by atoms with E-state index < -0.39 is 0 Å². The quantitative estimate of drug-likeness (QED) is 0.850. The van der Waals surface area contributed by atoms with E-state index in [0.29, 0.717) is 6.04 Å². The molecule has 1 unspecified atom stereocenters. The van der Waals surface area contributed by atoms with Gasteiger partial charge in [0.25, 0.3) is 0 Å². The summed E-state index contributed by atoms with van der Waals surface area (Å²) in [5.74, 6) is 0.925. The van der Waals surface area contributed by atoms with E-state index in [0.717, 1.165) is 24.5 Å². The SMILES string of the molecule is CC1CCC(N(C)C(CNC2CC2)c2ccccc2)CC1. The summed E-state index contributed by atoms with van der Waals surface area (Å²) in [6.07, 6.45) is 8.26. The first kappa shape index (κ1) is 15.1. The van der Waals surface area contributed by atoms with Crippen LogP contribution in [0.25, 0.3) is 0 Å². The second-order valence-corrected chi connectivity index (χ2v) is 7.19. The summed E-state index contributed by atoms with van der Waals surface area (Å²) in [6, 6.07) is 13.1. The molecule has 116 valence electrons. The maximum atomic E-state index is 3.74. The first-order valence-electron chi connectivity index (χ1n) is 8.74. The molecule has 2 aliphatic carbocycles. The monoisotopic (exact) mass is 286 g/mol. The van der Waals surface area contributed by atoms with Gasteiger partial charge in [0.1, 0.15) is 0 Å². The third-order valence-electron chi connectivity index (χ3n) is 5.41. The average molecular weight is 286 g/mol. The summed E-state index contributed by atoms with van der Waals surface area (Å²) in [4.78, 5) is 2.65. The van der Waals surface area contributed by atoms with Gasteiger partial charge in [-0.2, -0.15) is 0 Å². The zero-order valence-corrected chi connectivity index (χ0v) is 13.6. The van der Waals surface area contributed by atoms with Gasteiger partial charge in [-0.25, -0.2) is 0 Å². The highest BCUT2D eigenvalue weighted by Crippen LogP contribution is 2.31. The molecule has 0 amide bonds. The molecule has 1 aromatic rings. The maximum Gasteiger partial charge on any atom is 0.0472 e. The lowest BCUT2D eigenvalue weighted by Crippen LogP contribution is -2.42. The number of rotatable bonds is 6. The molecule has 0 aromatic heterocycles. The zero-order chi connectivity index (χ0) is 14.7. The van der Waals surface area contributed by atoms with Gasteiger partial charge in [0.15, 0.2) is 0 Å². The van der Waals surface area contributed by atoms with Crippen LogP contribution in [-0.2, 0) is 0 Å². The minimum Gasteiger partial charge on any atom is -0.312 e. The average Bonchev–Trinajstić information content (AvgIpc) is 3.33. The molecule has 0 saturated heterocycles. The lowest BCUT2D eigenvalue weighted by molar-refractivity contribution is 0.121. The van der Waals surface area contributed by atoms with Gasteiger partial charge < -0.3 is 5.32 Å². The van der Waals surface area contributed by atoms with Gasteiger partial charge in [-0.15, -0.1) is 0 Å². The minimum atomic E-state index is 0.519. The molecule has 1 aromatic carbocycles. The Balaban J connectivity index is 1.67. The van der Waals surface area contributed by atoms with Crippen molar-refractivity contribution in [3.8, 4) is 0 Å². The van der Waals surface area contributed by atoms with Crippen LogP contribution in [-0.4, -0.2) is 30.6 Å². The Morgan fingerprint density at radius 2 is 1.71 bits per heavy atom. The molecule has 2 aliphatic rings. The fourth-order valence-electron chi connectivity index (χ4n) is 3.64. The van der Waals surface area contributed by atoms with Gasteiger partial charge in [-0.05, 0) is 57.1 Å². The van der Waals surface area contributed by atoms with Crippen LogP contribution >= 0.6 is 0 Å². The Bertz CT molecular complexity index is 418. The number of hydrogen-bond acceptors (Lipinski definition) is 2. The van der Waals surface area contributed by atoms with Gasteiger partial charge >= 0.3 is 0 Å². The van der Waals surface area contributed by atoms with Crippen molar-refractivity contribution in [2.24, 2.45) is 5.92 Å². The first-order valence-corrected chi connectivity index (χ1v) is 8.74. The van der Waals surface area contributed by atoms with Crippen LogP contribution in [0.15, 0.2) is 30.3 Å². The van der Waals surface area contributed by atoms with Crippen molar-refractivity contribution < 1.29 is 0 Å². The van der Waals surface area contributed by atoms with Gasteiger partial charge in [0.05, 0.1) is 0 Å². The van der Waals surface area contributed by atoms with Crippen LogP contribution in [0.3, 0.4) is 0 Å². The molecule has 0 bridgehead atoms. The molecule has 3 rings (SSSR count). The van der Waals surface area contributed by atoms with Gasteiger partial charge in [-0.3, -0.25) is 4.90 Å². The molecule has 21 heavy (non-hydrogen) atoms. The Morgan fingerprint density at radius 1 is 1.05 bits per heavy atom. The van der Waals surface area contributed by atoms with E-state index >= 15 is 0 Å². The van der Waals surface area contributed by atoms with Crippen molar-refractivity contribution in [1.29, 1.82) is 0 Å². The third kappa shape index (κ3) is 4.08. The molecule has 0 spiro atoms. The number of nitrogens with one attached hydrogen (secondary N) is 1. The number of likely N-dealkylation sites (N-methyl/N-ethyl adjacent to an activating group) is 1. The topological polar surface area (TPSA) is 15.3 Å². The molecule has 0 heterocycles. The first-order chi connectivity index (χ1) is 10.2. The normalized spacial score (nSPS) is 27.8. The van der Waals surface area contributed by atoms with E-state index in [1.54, 1.807) is 0 Å². The summed E-state index contributed by atoms with van der Waals surface area (Å²) in [7, 11) is 2.34. The highest BCUT2D eigenvalue weighted by molar-refractivity contribution is 5.20. The van der Waals surface area contributed by atoms with Crippen LogP contribution in [0, 0.1) is 5.92 Å². The highest BCUT2D eigenvalue weighted by atomic mass is 15.2. The molecule has 2 nitrogen and oxygen atoms in total. The van der Waals surface area contributed by atoms with Crippen LogP contribution in [0.4, 0.5) is 0 Å². The third-order valence-corrected chi connectivity index (χ3v) is 5.41. The Morgan fingerprint density at radius 3 is 2.33 bits per heavy atom. The summed E-state index contributed by atoms with van der Waals surface area (Å²) < 4.78 is 0. The second-order valence-electron chi connectivity index (χ2n) is 7.19. The number of benzene rings is 1. The minimum absolute atomic E-state index is 0.519. The lowest BCUT2D eigenvalue weighted by atomic mass is 9.86. The Labute approximate surface area is 129 Å². The van der Waals surface area contributed by atoms with Crippen LogP contribution in [0.5, 0.6) is 0 Å². The van der Waals surface area contributed by atoms with Gasteiger partial charge in [-0.1, -0.05) is 37.3 Å². The zero-order valence-electron chi connectivity index (χ0n) is 13.6. The predicted molar refractivity (Wildman–Crippen MR) is 89.4 cm³/mol. The van der Waals surface area contributed by atoms with E-state index in [1.807, 2.05) is 0 Å². The summed E-state index contributed by atoms with van der Waals surface area (Å²) in [5.41, 5.74) is 1.46. The fourth-order valence-corrected chi connectivity index (χ4v) is 3.64. The standard InChI is InChI=1S/C19H30N2/c1-15-8-12-18(13-9-15)21(2)19(14-20-17-10-11-17)16-6-4-3-5-7-16/h3-7,15,17-20H,8-14H2,1-2H3. The molecule has 0 aliphatic heterocycles. The lowest BCUT2D eigenvalue weighted by Gasteiger charge is -2.39. The molecule has 2 heteroatoms. The molecule has 0 radical (unpaired) electrons. The summed E-state index contributed by atoms with van der Waals surface area (Å²) in [5, 5.41) is 3.74. The van der Waals surface area contributed by atoms with Crippen molar-refractivity contribution >= 4 is 0 Å². The van der Waals surface area contributed by atoms with Crippen molar-refractivity contribution in [3.05, 3.63) is 35.9 Å². The van der Waals surface area contributed by atoms with Crippen molar-refractivity contribution in [1.82, 2.24) is 10.2 Å².